The van der Waals surface area contributed by atoms with Crippen LogP contribution in [-0.2, 0) is 63.9 Å². The number of hydrogen-bond acceptors (Lipinski definition) is 13. The lowest BCUT2D eigenvalue weighted by atomic mass is 9.85. The summed E-state index contributed by atoms with van der Waals surface area (Å²) in [7, 11) is -5.06. The van der Waals surface area contributed by atoms with Gasteiger partial charge in [-0.1, -0.05) is 87.5 Å². The summed E-state index contributed by atoms with van der Waals surface area (Å²) < 4.78 is 17.9. The summed E-state index contributed by atoms with van der Waals surface area (Å²) in [6.45, 7) is 11.3. The fraction of sp³-hybridized carbons (Fsp3) is 0.422. The average molecular weight is 1240 g/mol. The van der Waals surface area contributed by atoms with Crippen LogP contribution < -0.4 is 31.9 Å². The lowest BCUT2D eigenvalue weighted by molar-refractivity contribution is -0.144. The summed E-state index contributed by atoms with van der Waals surface area (Å²) in [5, 5.41) is 22.9. The van der Waals surface area contributed by atoms with Crippen LogP contribution in [0.2, 0.25) is 0 Å². The Hall–Kier alpha value is -7.92. The Morgan fingerprint density at radius 1 is 0.875 bits per heavy atom. The van der Waals surface area contributed by atoms with E-state index >= 15 is 0 Å². The molecule has 6 aromatic rings. The number of nitrogens with zero attached hydrogens (tertiary/aromatic N) is 3. The molecule has 8 atom stereocenters. The van der Waals surface area contributed by atoms with Crippen molar-refractivity contribution in [3.05, 3.63) is 141 Å². The number of unbranched alkanes of at least 4 members (excludes halogenated alkanes) is 1. The Morgan fingerprint density at radius 3 is 2.26 bits per heavy atom. The third kappa shape index (κ3) is 15.1. The lowest BCUT2D eigenvalue weighted by Gasteiger charge is -2.35. The van der Waals surface area contributed by atoms with Gasteiger partial charge in [0.25, 0.3) is 11.4 Å². The highest BCUT2D eigenvalue weighted by atomic mass is 32.1. The van der Waals surface area contributed by atoms with Crippen LogP contribution in [0.5, 0.6) is 0 Å². The number of aromatic nitrogens is 2. The van der Waals surface area contributed by atoms with Gasteiger partial charge in [-0.05, 0) is 122 Å². The molecule has 0 radical (unpaired) electrons. The van der Waals surface area contributed by atoms with Gasteiger partial charge in [-0.25, -0.2) is 4.98 Å². The van der Waals surface area contributed by atoms with Crippen molar-refractivity contribution in [1.82, 2.24) is 36.1 Å². The quantitative estimate of drug-likeness (QED) is 0.0235. The Labute approximate surface area is 513 Å². The van der Waals surface area contributed by atoms with Gasteiger partial charge >= 0.3 is 7.60 Å². The van der Waals surface area contributed by atoms with Crippen molar-refractivity contribution in [2.45, 2.75) is 161 Å². The lowest BCUT2D eigenvalue weighted by Crippen LogP contribution is -2.57. The molecule has 466 valence electrons. The van der Waals surface area contributed by atoms with Crippen LogP contribution in [0.1, 0.15) is 140 Å². The number of aromatic amines is 1. The zero-order valence-corrected chi connectivity index (χ0v) is 51.8. The molecular formula is C64H76N9O13PS. The van der Waals surface area contributed by atoms with E-state index in [2.05, 4.69) is 31.2 Å². The number of hydrogen-bond donors (Lipinski definition) is 9. The predicted octanol–water partition coefficient (Wildman–Crippen LogP) is 6.36. The number of primary amides is 1. The molecule has 7 amide bonds. The number of rotatable bonds is 24. The van der Waals surface area contributed by atoms with E-state index < -0.39 is 90.5 Å². The van der Waals surface area contributed by atoms with E-state index in [0.717, 1.165) is 44.0 Å². The van der Waals surface area contributed by atoms with E-state index in [9.17, 15) is 57.8 Å². The summed E-state index contributed by atoms with van der Waals surface area (Å²) in [5.74, 6) is -3.32. The largest absolute Gasteiger partial charge is 0.396 e. The monoisotopic (exact) mass is 1240 g/mol. The smallest absolute Gasteiger partial charge is 0.391 e. The minimum Gasteiger partial charge on any atom is -0.391 e. The Kier molecular flexibility index (Phi) is 20.0. The molecule has 10 N–H and O–H groups in total. The highest BCUT2D eigenvalue weighted by Crippen LogP contribution is 2.41. The number of benzene rings is 4. The van der Waals surface area contributed by atoms with Gasteiger partial charge in [0.05, 0.1) is 52.7 Å². The number of aliphatic hydroxyl groups excluding tert-OH is 1. The number of para-hydroxylation sites is 1. The first-order chi connectivity index (χ1) is 41.7. The summed E-state index contributed by atoms with van der Waals surface area (Å²) in [5.41, 5.74) is 12.5. The van der Waals surface area contributed by atoms with E-state index in [0.29, 0.717) is 42.3 Å². The summed E-state index contributed by atoms with van der Waals surface area (Å²) in [4.78, 5) is 139. The van der Waals surface area contributed by atoms with Gasteiger partial charge in [-0.2, -0.15) is 0 Å². The summed E-state index contributed by atoms with van der Waals surface area (Å²) >= 11 is 1.56. The second-order valence-electron chi connectivity index (χ2n) is 24.3. The number of carbonyl (C=O) groups is 8. The molecule has 5 heterocycles. The fourth-order valence-corrected chi connectivity index (χ4v) is 13.1. The number of aliphatic hydroxyl groups is 1. The minimum absolute atomic E-state index is 0.0343. The zero-order chi connectivity index (χ0) is 63.4. The van der Waals surface area contributed by atoms with Crippen LogP contribution >= 0.6 is 18.9 Å². The molecule has 24 heteroatoms. The highest BCUT2D eigenvalue weighted by Gasteiger charge is 2.47. The molecule has 0 aliphatic carbocycles. The summed E-state index contributed by atoms with van der Waals surface area (Å²) in [6, 6.07) is 21.6. The van der Waals surface area contributed by atoms with Gasteiger partial charge in [0.15, 0.2) is 0 Å². The van der Waals surface area contributed by atoms with Crippen molar-refractivity contribution < 1.29 is 62.6 Å². The Morgan fingerprint density at radius 2 is 1.58 bits per heavy atom. The van der Waals surface area contributed by atoms with Gasteiger partial charge in [0.1, 0.15) is 29.9 Å². The number of fused-ring (bicyclic) bond motifs is 1. The molecule has 1 saturated heterocycles. The average Bonchev–Trinajstić information content (AvgIpc) is 1.68. The number of likely N-dealkylation sites (tertiary alicyclic amines) is 1. The molecule has 0 bridgehead atoms. The number of carbonyl (C=O) groups excluding carboxylic acids is 8. The maximum absolute atomic E-state index is 14.6. The molecule has 0 spiro atoms. The number of aryl methyl sites for hydroxylation is 3. The van der Waals surface area contributed by atoms with Crippen LogP contribution in [0.4, 0.5) is 5.69 Å². The molecule has 2 aromatic heterocycles. The van der Waals surface area contributed by atoms with Crippen molar-refractivity contribution in [3.8, 4) is 10.4 Å². The van der Waals surface area contributed by atoms with Crippen LogP contribution in [0.3, 0.4) is 0 Å². The number of nitrogens with two attached hydrogens (primary N) is 1. The van der Waals surface area contributed by atoms with Crippen LogP contribution in [0.25, 0.3) is 21.3 Å². The van der Waals surface area contributed by atoms with Crippen LogP contribution in [0, 0.1) is 12.3 Å². The first-order valence-electron chi connectivity index (χ1n) is 29.6. The predicted molar refractivity (Wildman–Crippen MR) is 331 cm³/mol. The maximum Gasteiger partial charge on any atom is 0.396 e. The van der Waals surface area contributed by atoms with E-state index in [4.69, 9.17) is 10.5 Å². The van der Waals surface area contributed by atoms with E-state index in [-0.39, 0.29) is 80.8 Å². The molecular weight excluding hydrogens is 1170 g/mol. The second-order valence-corrected chi connectivity index (χ2v) is 26.6. The van der Waals surface area contributed by atoms with Crippen molar-refractivity contribution in [3.63, 3.8) is 0 Å². The molecule has 4 aromatic carbocycles. The number of nitrogens with one attached hydrogen (secondary N) is 5. The van der Waals surface area contributed by atoms with Gasteiger partial charge in [0.2, 0.25) is 35.4 Å². The van der Waals surface area contributed by atoms with Crippen molar-refractivity contribution >= 4 is 82.4 Å². The van der Waals surface area contributed by atoms with Gasteiger partial charge in [-0.15, -0.1) is 11.3 Å². The van der Waals surface area contributed by atoms with Crippen molar-refractivity contribution in [1.29, 1.82) is 0 Å². The number of thiazole rings is 1. The fourth-order valence-electron chi connectivity index (χ4n) is 11.8. The van der Waals surface area contributed by atoms with Gasteiger partial charge in [0, 0.05) is 48.7 Å². The third-order valence-electron chi connectivity index (χ3n) is 16.7. The molecule has 9 rings (SSSR count). The Bertz CT molecular complexity index is 3670. The third-order valence-corrected chi connectivity index (χ3v) is 18.5. The number of H-pyrrole nitrogens is 1. The van der Waals surface area contributed by atoms with Gasteiger partial charge < -0.3 is 56.5 Å². The van der Waals surface area contributed by atoms with Crippen molar-refractivity contribution in [2.24, 2.45) is 11.1 Å². The SMILES string of the molecule is Cc1ncsc1-c1ccc([C@H](C)NC(=O)[C@@H]2C[C@H](O)CN2C(=O)[C@@H](NC(=O)CCCCc2ccc(CO[C@H](C)[C@H](CCC(N)=O)NC(=O)[C@@H]3Cc4cccc5c4N3C(=O)[C@@H](NC(=O)c3cc4cc(C(=O)P(=O)(O)O)ccc4[nH]3)CC5)cc2)C(C)(C)C)cc1. The van der Waals surface area contributed by atoms with Crippen LogP contribution in [-0.4, -0.2) is 126 Å². The standard InChI is InChI=1S/C64H76N9O13PS/c1-35(40-18-20-42(21-19-40)56-36(2)66-34-88-56)67-59(78)51-31-46(74)32-72(51)62(81)57(64(4,5)6)71-54(76)13-8-7-10-38-14-16-39(17-15-38)33-86-37(3)47(26-27-53(65)75)69-60(79)52-30-43-12-9-11-41-22-25-49(61(80)73(52)55(41)43)70-58(77)50-29-45-28-44(23-24-48(45)68-50)63(82)87(83,84)85/h9,11-12,14-21,23-24,28-29,34-35,37,46-47,49,51-52,57,68,74H,7-8,10,13,22,25-27,30-33H2,1-6H3,(H2,65,75)(H,67,78)(H,69,79)(H,70,77)(H,71,76)(H2,83,84,85)/t35-,37+,46-,47-,49-,51-,52-,57+/m0/s1. The molecule has 22 nitrogen and oxygen atoms in total. The minimum atomic E-state index is -5.06. The molecule has 3 aliphatic rings. The summed E-state index contributed by atoms with van der Waals surface area (Å²) in [6.07, 6.45) is 1.51. The van der Waals surface area contributed by atoms with Gasteiger partial charge in [-0.3, -0.25) is 47.8 Å². The maximum atomic E-state index is 14.6. The topological polar surface area (TPSA) is 333 Å². The van der Waals surface area contributed by atoms with E-state index in [1.54, 1.807) is 23.8 Å². The highest BCUT2D eigenvalue weighted by molar-refractivity contribution is 7.70. The second kappa shape index (κ2) is 27.2. The number of amides is 7. The molecule has 0 saturated carbocycles. The van der Waals surface area contributed by atoms with Crippen molar-refractivity contribution in [2.75, 3.05) is 11.4 Å². The molecule has 88 heavy (non-hydrogen) atoms. The number of ether oxygens (including phenoxy) is 1. The molecule has 0 unspecified atom stereocenters. The number of β-amino-alcohol motifs (C(OH)–C–C–N with tert-alkyl or cyclic N) is 1. The normalized spacial score (nSPS) is 18.9. The zero-order valence-electron chi connectivity index (χ0n) is 50.0. The first kappa shape index (κ1) is 64.6. The van der Waals surface area contributed by atoms with E-state index in [1.165, 1.54) is 34.1 Å². The first-order valence-corrected chi connectivity index (χ1v) is 32.1. The molecule has 3 aliphatic heterocycles. The number of anilines is 1. The molecule has 1 fully saturated rings. The van der Waals surface area contributed by atoms with Crippen LogP contribution in [0.15, 0.2) is 96.5 Å². The van der Waals surface area contributed by atoms with E-state index in [1.807, 2.05) is 101 Å². The Balaban J connectivity index is 0.753.